The average molecular weight is 432 g/mol. The molecule has 136 valence electrons. The largest absolute Gasteiger partial charge is 0.375 e. The number of nitrogens with one attached hydrogen (secondary N) is 1. The normalized spacial score (nSPS) is 15.3. The summed E-state index contributed by atoms with van der Waals surface area (Å²) >= 11 is 8.41. The van der Waals surface area contributed by atoms with Gasteiger partial charge in [0.15, 0.2) is 5.11 Å². The van der Waals surface area contributed by atoms with Crippen LogP contribution in [0.25, 0.3) is 0 Å². The van der Waals surface area contributed by atoms with Gasteiger partial charge in [0.05, 0.1) is 11.9 Å². The van der Waals surface area contributed by atoms with Crippen LogP contribution >= 0.6 is 28.1 Å². The fraction of sp³-hybridized carbons (Fsp3) is 0.263. The first-order chi connectivity index (χ1) is 12.6. The third-order valence-electron chi connectivity index (χ3n) is 4.32. The minimum atomic E-state index is 0.158. The molecule has 0 atom stereocenters. The van der Waals surface area contributed by atoms with Gasteiger partial charge in [0, 0.05) is 37.2 Å². The molecule has 0 aromatic heterocycles. The highest BCUT2D eigenvalue weighted by molar-refractivity contribution is 9.10. The van der Waals surface area contributed by atoms with Crippen LogP contribution in [-0.4, -0.2) is 42.4 Å². The predicted octanol–water partition coefficient (Wildman–Crippen LogP) is 2.94. The number of hydrogen-bond donors (Lipinski definition) is 2. The minimum Gasteiger partial charge on any atom is -0.375 e. The Morgan fingerprint density at radius 2 is 1.88 bits per heavy atom. The second kappa shape index (κ2) is 9.12. The first-order valence-corrected chi connectivity index (χ1v) is 9.71. The van der Waals surface area contributed by atoms with Crippen molar-refractivity contribution in [3.63, 3.8) is 0 Å². The maximum absolute atomic E-state index is 5.35. The molecule has 0 radical (unpaired) electrons. The highest BCUT2D eigenvalue weighted by Crippen LogP contribution is 2.28. The van der Waals surface area contributed by atoms with E-state index in [1.165, 1.54) is 11.3 Å². The van der Waals surface area contributed by atoms with E-state index >= 15 is 0 Å². The molecule has 1 fully saturated rings. The van der Waals surface area contributed by atoms with Crippen molar-refractivity contribution >= 4 is 45.2 Å². The standard InChI is InChI=1S/C19H22BrN5S/c20-17-12-16(13-22-23-19(21)26)6-7-18(17)25-10-8-24(9-11-25)14-15-4-2-1-3-5-15/h1-7,12-13H,8-11,14H2,(H3,21,23,26). The summed E-state index contributed by atoms with van der Waals surface area (Å²) in [4.78, 5) is 4.92. The van der Waals surface area contributed by atoms with Crippen LogP contribution in [0.4, 0.5) is 5.69 Å². The molecule has 7 heteroatoms. The fourth-order valence-corrected chi connectivity index (χ4v) is 3.72. The maximum Gasteiger partial charge on any atom is 0.184 e. The molecule has 1 saturated heterocycles. The van der Waals surface area contributed by atoms with Crippen molar-refractivity contribution < 1.29 is 0 Å². The zero-order chi connectivity index (χ0) is 18.4. The molecule has 2 aromatic carbocycles. The Bertz CT molecular complexity index is 773. The van der Waals surface area contributed by atoms with Gasteiger partial charge in [-0.1, -0.05) is 36.4 Å². The lowest BCUT2D eigenvalue weighted by molar-refractivity contribution is 0.250. The number of thiocarbonyl (C=S) groups is 1. The number of rotatable bonds is 5. The quantitative estimate of drug-likeness (QED) is 0.432. The Labute approximate surface area is 168 Å². The van der Waals surface area contributed by atoms with Gasteiger partial charge in [-0.2, -0.15) is 5.10 Å². The van der Waals surface area contributed by atoms with E-state index in [9.17, 15) is 0 Å². The monoisotopic (exact) mass is 431 g/mol. The summed E-state index contributed by atoms with van der Waals surface area (Å²) in [5.41, 5.74) is 11.5. The number of anilines is 1. The summed E-state index contributed by atoms with van der Waals surface area (Å²) in [5.74, 6) is 0. The second-order valence-corrected chi connectivity index (χ2v) is 7.49. The predicted molar refractivity (Wildman–Crippen MR) is 116 cm³/mol. The lowest BCUT2D eigenvalue weighted by Gasteiger charge is -2.36. The number of hydrogen-bond acceptors (Lipinski definition) is 4. The highest BCUT2D eigenvalue weighted by atomic mass is 79.9. The molecule has 0 unspecified atom stereocenters. The van der Waals surface area contributed by atoms with Gasteiger partial charge in [0.1, 0.15) is 0 Å². The van der Waals surface area contributed by atoms with Crippen LogP contribution in [0.5, 0.6) is 0 Å². The van der Waals surface area contributed by atoms with Gasteiger partial charge in [-0.05, 0) is 51.4 Å². The molecule has 0 spiro atoms. The third kappa shape index (κ3) is 5.27. The maximum atomic E-state index is 5.35. The van der Waals surface area contributed by atoms with E-state index in [4.69, 9.17) is 18.0 Å². The van der Waals surface area contributed by atoms with Gasteiger partial charge in [0.25, 0.3) is 0 Å². The average Bonchev–Trinajstić information content (AvgIpc) is 2.63. The molecular formula is C19H22BrN5S. The molecule has 26 heavy (non-hydrogen) atoms. The summed E-state index contributed by atoms with van der Waals surface area (Å²) < 4.78 is 1.06. The van der Waals surface area contributed by atoms with Crippen molar-refractivity contribution in [3.8, 4) is 0 Å². The molecule has 0 amide bonds. The summed E-state index contributed by atoms with van der Waals surface area (Å²) in [6, 6.07) is 16.9. The van der Waals surface area contributed by atoms with E-state index in [0.29, 0.717) is 0 Å². The van der Waals surface area contributed by atoms with E-state index in [1.54, 1.807) is 6.21 Å². The molecule has 0 aliphatic carbocycles. The molecule has 0 bridgehead atoms. The van der Waals surface area contributed by atoms with Crippen LogP contribution in [0.3, 0.4) is 0 Å². The van der Waals surface area contributed by atoms with E-state index in [0.717, 1.165) is 42.8 Å². The van der Waals surface area contributed by atoms with Gasteiger partial charge in [-0.15, -0.1) is 0 Å². The lowest BCUT2D eigenvalue weighted by atomic mass is 10.1. The minimum absolute atomic E-state index is 0.158. The molecule has 1 heterocycles. The van der Waals surface area contributed by atoms with Gasteiger partial charge < -0.3 is 10.6 Å². The Kier molecular flexibility index (Phi) is 6.60. The van der Waals surface area contributed by atoms with Crippen LogP contribution in [0.1, 0.15) is 11.1 Å². The molecule has 3 N–H and O–H groups in total. The van der Waals surface area contributed by atoms with Gasteiger partial charge in [-0.25, -0.2) is 0 Å². The highest BCUT2D eigenvalue weighted by Gasteiger charge is 2.18. The van der Waals surface area contributed by atoms with E-state index in [-0.39, 0.29) is 5.11 Å². The van der Waals surface area contributed by atoms with Crippen LogP contribution in [0.15, 0.2) is 58.1 Å². The third-order valence-corrected chi connectivity index (χ3v) is 5.05. The number of benzene rings is 2. The van der Waals surface area contributed by atoms with Gasteiger partial charge in [0.2, 0.25) is 0 Å². The van der Waals surface area contributed by atoms with E-state index in [1.807, 2.05) is 6.07 Å². The first kappa shape index (κ1) is 18.8. The summed E-state index contributed by atoms with van der Waals surface area (Å²) in [6.07, 6.45) is 1.70. The molecule has 1 aliphatic rings. The number of nitrogens with two attached hydrogens (primary N) is 1. The molecule has 5 nitrogen and oxygen atoms in total. The molecule has 3 rings (SSSR count). The number of halogens is 1. The zero-order valence-corrected chi connectivity index (χ0v) is 16.8. The number of nitrogens with zero attached hydrogens (tertiary/aromatic N) is 3. The number of piperazine rings is 1. The molecular weight excluding hydrogens is 410 g/mol. The second-order valence-electron chi connectivity index (χ2n) is 6.19. The number of hydrazone groups is 1. The Hall–Kier alpha value is -1.96. The lowest BCUT2D eigenvalue weighted by Crippen LogP contribution is -2.46. The van der Waals surface area contributed by atoms with E-state index < -0.39 is 0 Å². The Balaban J connectivity index is 1.57. The zero-order valence-electron chi connectivity index (χ0n) is 14.4. The van der Waals surface area contributed by atoms with Crippen molar-refractivity contribution in [2.24, 2.45) is 10.8 Å². The van der Waals surface area contributed by atoms with Crippen molar-refractivity contribution in [2.75, 3.05) is 31.1 Å². The van der Waals surface area contributed by atoms with Crippen molar-refractivity contribution in [2.45, 2.75) is 6.54 Å². The molecule has 2 aromatic rings. The first-order valence-electron chi connectivity index (χ1n) is 8.51. The van der Waals surface area contributed by atoms with Gasteiger partial charge >= 0.3 is 0 Å². The van der Waals surface area contributed by atoms with Crippen LogP contribution in [-0.2, 0) is 6.54 Å². The van der Waals surface area contributed by atoms with Crippen LogP contribution in [0, 0.1) is 0 Å². The summed E-state index contributed by atoms with van der Waals surface area (Å²) in [7, 11) is 0. The SMILES string of the molecule is NC(=S)NN=Cc1ccc(N2CCN(Cc3ccccc3)CC2)c(Br)c1. The van der Waals surface area contributed by atoms with E-state index in [2.05, 4.69) is 78.7 Å². The summed E-state index contributed by atoms with van der Waals surface area (Å²) in [6.45, 7) is 5.16. The molecule has 0 saturated carbocycles. The van der Waals surface area contributed by atoms with Gasteiger partial charge in [-0.3, -0.25) is 10.3 Å². The van der Waals surface area contributed by atoms with Crippen LogP contribution in [0.2, 0.25) is 0 Å². The fourth-order valence-electron chi connectivity index (χ4n) is 3.02. The van der Waals surface area contributed by atoms with Crippen molar-refractivity contribution in [1.29, 1.82) is 0 Å². The summed E-state index contributed by atoms with van der Waals surface area (Å²) in [5, 5.41) is 4.15. The smallest absolute Gasteiger partial charge is 0.184 e. The van der Waals surface area contributed by atoms with Crippen LogP contribution < -0.4 is 16.1 Å². The van der Waals surface area contributed by atoms with Crippen molar-refractivity contribution in [3.05, 3.63) is 64.1 Å². The Morgan fingerprint density at radius 3 is 2.54 bits per heavy atom. The van der Waals surface area contributed by atoms with Crippen molar-refractivity contribution in [1.82, 2.24) is 10.3 Å². The topological polar surface area (TPSA) is 56.9 Å². The molecule has 1 aliphatic heterocycles. The Morgan fingerprint density at radius 1 is 1.15 bits per heavy atom.